The molecule has 1 aliphatic carbocycles. The number of nitrogens with zero attached hydrogens (tertiary/aromatic N) is 2. The number of guanidine groups is 1. The first kappa shape index (κ1) is 17.9. The number of likely N-dealkylation sites (tertiary alicyclic amines) is 1. The predicted molar refractivity (Wildman–Crippen MR) is 110 cm³/mol. The van der Waals surface area contributed by atoms with Gasteiger partial charge in [0.25, 0.3) is 0 Å². The Morgan fingerprint density at radius 3 is 2.48 bits per heavy atom. The Bertz CT molecular complexity index is 765. The van der Waals surface area contributed by atoms with Crippen LogP contribution < -0.4 is 15.8 Å². The van der Waals surface area contributed by atoms with E-state index >= 15 is 0 Å². The van der Waals surface area contributed by atoms with Crippen LogP contribution in [0.25, 0.3) is 0 Å². The van der Waals surface area contributed by atoms with E-state index in [4.69, 9.17) is 10.5 Å². The van der Waals surface area contributed by atoms with Crippen molar-refractivity contribution < 1.29 is 4.74 Å². The summed E-state index contributed by atoms with van der Waals surface area (Å²) in [5, 5.41) is 3.20. The van der Waals surface area contributed by atoms with Crippen molar-refractivity contribution in [3.8, 4) is 11.5 Å². The maximum Gasteiger partial charge on any atom is 0.193 e. The molecule has 0 bridgehead atoms. The third kappa shape index (κ3) is 4.80. The van der Waals surface area contributed by atoms with E-state index in [0.29, 0.717) is 18.0 Å². The standard InChI is InChI=1S/C22H28N4O/c23-22(25-18-14-19(15-18)26-12-5-2-6-13-26)24-17-8-7-11-21(16-17)27-20-9-3-1-4-10-20/h1,3-4,7-11,16,18-19H,2,5-6,12-15H2,(H3,23,24,25). The zero-order chi connectivity index (χ0) is 18.5. The van der Waals surface area contributed by atoms with Crippen LogP contribution in [-0.4, -0.2) is 36.0 Å². The van der Waals surface area contributed by atoms with Gasteiger partial charge in [0.05, 0.1) is 6.04 Å². The van der Waals surface area contributed by atoms with Gasteiger partial charge in [-0.2, -0.15) is 0 Å². The van der Waals surface area contributed by atoms with Gasteiger partial charge in [-0.25, -0.2) is 4.99 Å². The molecule has 2 aliphatic rings. The van der Waals surface area contributed by atoms with Crippen LogP contribution in [0.2, 0.25) is 0 Å². The average Bonchev–Trinajstić information content (AvgIpc) is 2.66. The summed E-state index contributed by atoms with van der Waals surface area (Å²) in [5.41, 5.74) is 7.01. The number of para-hydroxylation sites is 1. The van der Waals surface area contributed by atoms with Crippen molar-refractivity contribution in [3.63, 3.8) is 0 Å². The van der Waals surface area contributed by atoms with Gasteiger partial charge in [-0.3, -0.25) is 0 Å². The van der Waals surface area contributed by atoms with Crippen LogP contribution in [0.4, 0.5) is 5.69 Å². The van der Waals surface area contributed by atoms with Gasteiger partial charge >= 0.3 is 0 Å². The summed E-state index contributed by atoms with van der Waals surface area (Å²) in [7, 11) is 0. The van der Waals surface area contributed by atoms with Gasteiger partial charge in [-0.05, 0) is 63.0 Å². The van der Waals surface area contributed by atoms with Gasteiger partial charge in [0.15, 0.2) is 5.96 Å². The maximum atomic E-state index is 6.13. The summed E-state index contributed by atoms with van der Waals surface area (Å²) >= 11 is 0. The summed E-state index contributed by atoms with van der Waals surface area (Å²) in [5.74, 6) is 2.07. The number of piperidine rings is 1. The van der Waals surface area contributed by atoms with E-state index in [1.807, 2.05) is 54.6 Å². The second-order valence-corrected chi connectivity index (χ2v) is 7.46. The fourth-order valence-corrected chi connectivity index (χ4v) is 3.88. The molecule has 1 aliphatic heterocycles. The summed E-state index contributed by atoms with van der Waals surface area (Å²) in [6.45, 7) is 2.51. The highest BCUT2D eigenvalue weighted by Crippen LogP contribution is 2.30. The van der Waals surface area contributed by atoms with Crippen LogP contribution in [0.5, 0.6) is 11.5 Å². The van der Waals surface area contributed by atoms with E-state index in [2.05, 4.69) is 15.2 Å². The molecule has 1 heterocycles. The van der Waals surface area contributed by atoms with Gasteiger partial charge in [-0.1, -0.05) is 30.7 Å². The number of rotatable bonds is 5. The summed E-state index contributed by atoms with van der Waals surface area (Å²) < 4.78 is 5.87. The fourth-order valence-electron chi connectivity index (χ4n) is 3.88. The Morgan fingerprint density at radius 1 is 0.963 bits per heavy atom. The van der Waals surface area contributed by atoms with Gasteiger partial charge in [0.1, 0.15) is 11.5 Å². The van der Waals surface area contributed by atoms with Gasteiger partial charge in [-0.15, -0.1) is 0 Å². The fraction of sp³-hybridized carbons (Fsp3) is 0.409. The van der Waals surface area contributed by atoms with Crippen LogP contribution in [0, 0.1) is 0 Å². The minimum absolute atomic E-state index is 0.341. The maximum absolute atomic E-state index is 6.13. The number of benzene rings is 2. The van der Waals surface area contributed by atoms with Crippen molar-refractivity contribution in [1.82, 2.24) is 4.90 Å². The van der Waals surface area contributed by atoms with Crippen molar-refractivity contribution in [2.75, 3.05) is 18.4 Å². The number of nitrogens with one attached hydrogen (secondary N) is 1. The first-order valence-electron chi connectivity index (χ1n) is 9.93. The molecule has 4 rings (SSSR count). The molecule has 1 saturated heterocycles. The Kier molecular flexibility index (Phi) is 5.58. The van der Waals surface area contributed by atoms with Crippen molar-refractivity contribution in [3.05, 3.63) is 54.6 Å². The molecule has 3 N–H and O–H groups in total. The second-order valence-electron chi connectivity index (χ2n) is 7.46. The van der Waals surface area contributed by atoms with E-state index in [0.717, 1.165) is 30.0 Å². The molecule has 27 heavy (non-hydrogen) atoms. The van der Waals surface area contributed by atoms with E-state index in [1.165, 1.54) is 32.4 Å². The molecular weight excluding hydrogens is 336 g/mol. The van der Waals surface area contributed by atoms with Gasteiger partial charge in [0, 0.05) is 17.8 Å². The van der Waals surface area contributed by atoms with Crippen LogP contribution in [-0.2, 0) is 0 Å². The SMILES string of the molecule is NC(=NC1CC(N2CCCCC2)C1)Nc1cccc(Oc2ccccc2)c1. The van der Waals surface area contributed by atoms with Crippen LogP contribution in [0.1, 0.15) is 32.1 Å². The molecule has 1 saturated carbocycles. The highest BCUT2D eigenvalue weighted by Gasteiger charge is 2.33. The minimum atomic E-state index is 0.341. The number of ether oxygens (including phenoxy) is 1. The predicted octanol–water partition coefficient (Wildman–Crippen LogP) is 4.22. The average molecular weight is 364 g/mol. The second kappa shape index (κ2) is 8.44. The van der Waals surface area contributed by atoms with E-state index in [9.17, 15) is 0 Å². The highest BCUT2D eigenvalue weighted by molar-refractivity contribution is 5.92. The smallest absolute Gasteiger partial charge is 0.193 e. The molecular formula is C22H28N4O. The monoisotopic (exact) mass is 364 g/mol. The first-order chi connectivity index (χ1) is 13.3. The number of nitrogens with two attached hydrogens (primary N) is 1. The zero-order valence-corrected chi connectivity index (χ0v) is 15.7. The lowest BCUT2D eigenvalue weighted by Crippen LogP contribution is -2.49. The van der Waals surface area contributed by atoms with Crippen LogP contribution >= 0.6 is 0 Å². The number of hydrogen-bond acceptors (Lipinski definition) is 3. The molecule has 2 aromatic rings. The van der Waals surface area contributed by atoms with Crippen LogP contribution in [0.15, 0.2) is 59.6 Å². The van der Waals surface area contributed by atoms with Crippen molar-refractivity contribution in [1.29, 1.82) is 0 Å². The Labute approximate surface area is 161 Å². The first-order valence-corrected chi connectivity index (χ1v) is 9.93. The molecule has 5 nitrogen and oxygen atoms in total. The highest BCUT2D eigenvalue weighted by atomic mass is 16.5. The molecule has 2 fully saturated rings. The molecule has 0 radical (unpaired) electrons. The third-order valence-electron chi connectivity index (χ3n) is 5.40. The molecule has 0 spiro atoms. The van der Waals surface area contributed by atoms with E-state index in [-0.39, 0.29) is 0 Å². The molecule has 0 unspecified atom stereocenters. The van der Waals surface area contributed by atoms with Crippen molar-refractivity contribution in [2.45, 2.75) is 44.2 Å². The minimum Gasteiger partial charge on any atom is -0.457 e. The van der Waals surface area contributed by atoms with E-state index in [1.54, 1.807) is 0 Å². The third-order valence-corrected chi connectivity index (χ3v) is 5.40. The molecule has 2 aromatic carbocycles. The lowest BCUT2D eigenvalue weighted by molar-refractivity contribution is 0.0912. The molecule has 5 heteroatoms. The molecule has 0 atom stereocenters. The lowest BCUT2D eigenvalue weighted by atomic mass is 9.85. The largest absolute Gasteiger partial charge is 0.457 e. The Morgan fingerprint density at radius 2 is 1.70 bits per heavy atom. The van der Waals surface area contributed by atoms with Gasteiger partial charge < -0.3 is 20.7 Å². The lowest BCUT2D eigenvalue weighted by Gasteiger charge is -2.43. The quantitative estimate of drug-likeness (QED) is 0.616. The number of aliphatic imine (C=N–C) groups is 1. The van der Waals surface area contributed by atoms with Crippen molar-refractivity contribution >= 4 is 11.6 Å². The number of hydrogen-bond donors (Lipinski definition) is 2. The Hall–Kier alpha value is -2.53. The number of anilines is 1. The zero-order valence-electron chi connectivity index (χ0n) is 15.7. The normalized spacial score (nSPS) is 23.5. The van der Waals surface area contributed by atoms with Crippen molar-refractivity contribution in [2.24, 2.45) is 10.7 Å². The molecule has 0 amide bonds. The topological polar surface area (TPSA) is 62.9 Å². The van der Waals surface area contributed by atoms with E-state index < -0.39 is 0 Å². The van der Waals surface area contributed by atoms with Crippen LogP contribution in [0.3, 0.4) is 0 Å². The molecule has 0 aromatic heterocycles. The summed E-state index contributed by atoms with van der Waals surface area (Å²) in [4.78, 5) is 7.28. The summed E-state index contributed by atoms with van der Waals surface area (Å²) in [6.07, 6.45) is 6.32. The molecule has 142 valence electrons. The summed E-state index contributed by atoms with van der Waals surface area (Å²) in [6, 6.07) is 18.6. The Balaban J connectivity index is 1.30. The van der Waals surface area contributed by atoms with Gasteiger partial charge in [0.2, 0.25) is 0 Å².